The van der Waals surface area contributed by atoms with E-state index in [2.05, 4.69) is 191 Å². The summed E-state index contributed by atoms with van der Waals surface area (Å²) in [5, 5.41) is 5.51. The van der Waals surface area contributed by atoms with E-state index in [1.165, 1.54) is 16.5 Å². The predicted molar refractivity (Wildman–Crippen MR) is 234 cm³/mol. The van der Waals surface area contributed by atoms with Crippen LogP contribution in [0.15, 0.2) is 199 Å². The first-order valence-corrected chi connectivity index (χ1v) is 19.3. The molecule has 0 amide bonds. The maximum atomic E-state index is 6.68. The SMILES string of the molecule is c1ccc(-c2ccc3c(c2)c2cc(-c4nc(-c5cccc6c5oc5ccccc56)c5c(n4)c4ccccc4n5-c4ccccc4)ccc2n3-c2ccccc2)cc1. The number of rotatable bonds is 5. The van der Waals surface area contributed by atoms with Gasteiger partial charge in [-0.2, -0.15) is 0 Å². The molecule has 0 saturated heterocycles. The number of hydrogen-bond donors (Lipinski definition) is 0. The summed E-state index contributed by atoms with van der Waals surface area (Å²) in [5.74, 6) is 0.656. The lowest BCUT2D eigenvalue weighted by atomic mass is 10.0. The lowest BCUT2D eigenvalue weighted by molar-refractivity contribution is 0.670. The molecular formula is C52H32N4O. The fraction of sp³-hybridized carbons (Fsp3) is 0. The zero-order valence-corrected chi connectivity index (χ0v) is 30.7. The molecule has 0 spiro atoms. The fourth-order valence-electron chi connectivity index (χ4n) is 8.77. The van der Waals surface area contributed by atoms with Crippen LogP contribution in [0.4, 0.5) is 0 Å². The summed E-state index contributed by atoms with van der Waals surface area (Å²) in [6.07, 6.45) is 0. The Morgan fingerprint density at radius 1 is 0.386 bits per heavy atom. The van der Waals surface area contributed by atoms with Crippen molar-refractivity contribution in [3.63, 3.8) is 0 Å². The molecule has 0 fully saturated rings. The first-order chi connectivity index (χ1) is 28.3. The topological polar surface area (TPSA) is 48.8 Å². The average Bonchev–Trinajstić information content (AvgIpc) is 3.94. The Hall–Kier alpha value is -7.76. The summed E-state index contributed by atoms with van der Waals surface area (Å²) in [7, 11) is 0. The minimum atomic E-state index is 0.656. The zero-order valence-electron chi connectivity index (χ0n) is 30.7. The quantitative estimate of drug-likeness (QED) is 0.177. The van der Waals surface area contributed by atoms with Crippen LogP contribution in [0.3, 0.4) is 0 Å². The molecule has 0 bridgehead atoms. The minimum Gasteiger partial charge on any atom is -0.455 e. The molecule has 0 aliphatic carbocycles. The third-order valence-corrected chi connectivity index (χ3v) is 11.3. The van der Waals surface area contributed by atoms with Gasteiger partial charge in [0.15, 0.2) is 5.82 Å². The predicted octanol–water partition coefficient (Wildman–Crippen LogP) is 13.6. The van der Waals surface area contributed by atoms with Gasteiger partial charge in [0.05, 0.1) is 22.1 Å². The van der Waals surface area contributed by atoms with Crippen molar-refractivity contribution in [1.29, 1.82) is 0 Å². The highest BCUT2D eigenvalue weighted by molar-refractivity contribution is 6.16. The van der Waals surface area contributed by atoms with Crippen molar-refractivity contribution in [2.24, 2.45) is 0 Å². The van der Waals surface area contributed by atoms with E-state index in [1.807, 2.05) is 12.1 Å². The normalized spacial score (nSPS) is 11.9. The molecule has 4 aromatic heterocycles. The third kappa shape index (κ3) is 4.82. The number of nitrogens with zero attached hydrogens (tertiary/aromatic N) is 4. The highest BCUT2D eigenvalue weighted by atomic mass is 16.3. The second-order valence-electron chi connectivity index (χ2n) is 14.6. The van der Waals surface area contributed by atoms with Crippen LogP contribution in [0.2, 0.25) is 0 Å². The van der Waals surface area contributed by atoms with Gasteiger partial charge in [-0.1, -0.05) is 121 Å². The molecule has 4 heterocycles. The van der Waals surface area contributed by atoms with Gasteiger partial charge >= 0.3 is 0 Å². The van der Waals surface area contributed by atoms with E-state index in [0.29, 0.717) is 5.82 Å². The molecule has 12 aromatic rings. The van der Waals surface area contributed by atoms with Gasteiger partial charge in [-0.05, 0) is 83.9 Å². The van der Waals surface area contributed by atoms with Crippen LogP contribution in [0, 0.1) is 0 Å². The smallest absolute Gasteiger partial charge is 0.160 e. The number of furan rings is 1. The van der Waals surface area contributed by atoms with Gasteiger partial charge in [0.25, 0.3) is 0 Å². The van der Waals surface area contributed by atoms with Crippen molar-refractivity contribution < 1.29 is 4.42 Å². The van der Waals surface area contributed by atoms with E-state index >= 15 is 0 Å². The molecule has 5 heteroatoms. The van der Waals surface area contributed by atoms with Crippen LogP contribution in [0.5, 0.6) is 0 Å². The number of para-hydroxylation sites is 5. The second-order valence-corrected chi connectivity index (χ2v) is 14.6. The highest BCUT2D eigenvalue weighted by Gasteiger charge is 2.24. The van der Waals surface area contributed by atoms with E-state index in [9.17, 15) is 0 Å². The zero-order chi connectivity index (χ0) is 37.5. The molecule has 0 radical (unpaired) electrons. The molecule has 0 N–H and O–H groups in total. The Kier molecular flexibility index (Phi) is 6.86. The molecule has 0 aliphatic rings. The molecule has 57 heavy (non-hydrogen) atoms. The first-order valence-electron chi connectivity index (χ1n) is 19.3. The molecule has 12 rings (SSSR count). The van der Waals surface area contributed by atoms with Crippen molar-refractivity contribution in [2.75, 3.05) is 0 Å². The number of fused-ring (bicyclic) bond motifs is 9. The molecule has 266 valence electrons. The Morgan fingerprint density at radius 3 is 1.72 bits per heavy atom. The third-order valence-electron chi connectivity index (χ3n) is 11.3. The summed E-state index contributed by atoms with van der Waals surface area (Å²) >= 11 is 0. The van der Waals surface area contributed by atoms with E-state index in [0.717, 1.165) is 88.5 Å². The Morgan fingerprint density at radius 2 is 0.965 bits per heavy atom. The Bertz CT molecular complexity index is 3510. The number of benzene rings is 8. The molecule has 5 nitrogen and oxygen atoms in total. The maximum absolute atomic E-state index is 6.68. The van der Waals surface area contributed by atoms with Gasteiger partial charge in [-0.15, -0.1) is 0 Å². The molecule has 0 saturated carbocycles. The molecule has 0 aliphatic heterocycles. The van der Waals surface area contributed by atoms with Gasteiger partial charge < -0.3 is 13.6 Å². The molecule has 0 unspecified atom stereocenters. The first kappa shape index (κ1) is 31.6. The van der Waals surface area contributed by atoms with Crippen LogP contribution in [0.1, 0.15) is 0 Å². The highest BCUT2D eigenvalue weighted by Crippen LogP contribution is 2.43. The Labute approximate surface area is 327 Å². The van der Waals surface area contributed by atoms with Crippen LogP contribution in [-0.4, -0.2) is 19.1 Å². The van der Waals surface area contributed by atoms with E-state index in [4.69, 9.17) is 14.4 Å². The standard InChI is InChI=1S/C52H32N4O/c1-4-15-33(16-5-1)34-27-29-45-42(31-34)43-32-35(28-30-46(43)55(45)36-17-6-2-7-18-36)52-53-48-40-22-10-12-25-44(40)56(37-19-8-3-9-20-37)50(48)49(54-52)41-24-14-23-39-38-21-11-13-26-47(38)57-51(39)41/h1-32H. The number of aromatic nitrogens is 4. The average molecular weight is 729 g/mol. The van der Waals surface area contributed by atoms with Crippen molar-refractivity contribution in [1.82, 2.24) is 19.1 Å². The minimum absolute atomic E-state index is 0.656. The summed E-state index contributed by atoms with van der Waals surface area (Å²) in [5.41, 5.74) is 14.0. The molecular weight excluding hydrogens is 697 g/mol. The van der Waals surface area contributed by atoms with Crippen molar-refractivity contribution in [3.8, 4) is 45.1 Å². The van der Waals surface area contributed by atoms with Gasteiger partial charge in [0.1, 0.15) is 22.4 Å². The summed E-state index contributed by atoms with van der Waals surface area (Å²) in [4.78, 5) is 11.0. The number of hydrogen-bond acceptors (Lipinski definition) is 3. The van der Waals surface area contributed by atoms with Crippen molar-refractivity contribution in [3.05, 3.63) is 194 Å². The second kappa shape index (κ2) is 12.4. The fourth-order valence-corrected chi connectivity index (χ4v) is 8.77. The van der Waals surface area contributed by atoms with Crippen molar-refractivity contribution >= 4 is 65.7 Å². The van der Waals surface area contributed by atoms with E-state index in [1.54, 1.807) is 0 Å². The summed E-state index contributed by atoms with van der Waals surface area (Å²) in [6.45, 7) is 0. The maximum Gasteiger partial charge on any atom is 0.160 e. The van der Waals surface area contributed by atoms with Crippen LogP contribution < -0.4 is 0 Å². The van der Waals surface area contributed by atoms with Gasteiger partial charge in [0.2, 0.25) is 0 Å². The van der Waals surface area contributed by atoms with Crippen LogP contribution >= 0.6 is 0 Å². The summed E-state index contributed by atoms with van der Waals surface area (Å²) < 4.78 is 11.3. The lowest BCUT2D eigenvalue weighted by Gasteiger charge is -2.13. The van der Waals surface area contributed by atoms with Crippen molar-refractivity contribution in [2.45, 2.75) is 0 Å². The molecule has 8 aromatic carbocycles. The molecule has 0 atom stereocenters. The van der Waals surface area contributed by atoms with Gasteiger partial charge in [0, 0.05) is 49.4 Å². The van der Waals surface area contributed by atoms with Gasteiger partial charge in [-0.3, -0.25) is 0 Å². The Balaban J connectivity index is 1.18. The lowest BCUT2D eigenvalue weighted by Crippen LogP contribution is -2.00. The van der Waals surface area contributed by atoms with E-state index < -0.39 is 0 Å². The van der Waals surface area contributed by atoms with Gasteiger partial charge in [-0.25, -0.2) is 9.97 Å². The van der Waals surface area contributed by atoms with Crippen LogP contribution in [-0.2, 0) is 0 Å². The largest absolute Gasteiger partial charge is 0.455 e. The van der Waals surface area contributed by atoms with E-state index in [-0.39, 0.29) is 0 Å². The van der Waals surface area contributed by atoms with Crippen LogP contribution in [0.25, 0.3) is 111 Å². The monoisotopic (exact) mass is 728 g/mol. The summed E-state index contributed by atoms with van der Waals surface area (Å²) in [6, 6.07) is 68.3.